The number of hydrogen-bond donors (Lipinski definition) is 1. The summed E-state index contributed by atoms with van der Waals surface area (Å²) in [5.74, 6) is -0.313. The standard InChI is InChI=1S/C15H21NO4/c1-3-13(20-12-8-5-4-6-9-12)15(19)16(2)11-7-10-14(17)18/h4-6,8-9,13H,3,7,10-11H2,1-2H3,(H,17,18). The van der Waals surface area contributed by atoms with Gasteiger partial charge in [0, 0.05) is 20.0 Å². The lowest BCUT2D eigenvalue weighted by atomic mass is 10.2. The van der Waals surface area contributed by atoms with Crippen molar-refractivity contribution in [2.45, 2.75) is 32.3 Å². The molecule has 0 heterocycles. The van der Waals surface area contributed by atoms with Gasteiger partial charge in [0.2, 0.25) is 0 Å². The third-order valence-corrected chi connectivity index (χ3v) is 2.93. The Balaban J connectivity index is 2.51. The third kappa shape index (κ3) is 5.30. The van der Waals surface area contributed by atoms with E-state index in [1.54, 1.807) is 19.2 Å². The number of benzene rings is 1. The number of carbonyl (C=O) groups is 2. The van der Waals surface area contributed by atoms with Crippen molar-refractivity contribution in [2.75, 3.05) is 13.6 Å². The number of carboxylic acid groups (broad SMARTS) is 1. The quantitative estimate of drug-likeness (QED) is 0.792. The van der Waals surface area contributed by atoms with Crippen LogP contribution in [0, 0.1) is 0 Å². The predicted molar refractivity (Wildman–Crippen MR) is 75.7 cm³/mol. The van der Waals surface area contributed by atoms with Crippen molar-refractivity contribution in [2.24, 2.45) is 0 Å². The number of amides is 1. The molecule has 5 nitrogen and oxygen atoms in total. The van der Waals surface area contributed by atoms with Crippen LogP contribution in [0.5, 0.6) is 5.75 Å². The lowest BCUT2D eigenvalue weighted by molar-refractivity contribution is -0.140. The lowest BCUT2D eigenvalue weighted by Gasteiger charge is -2.23. The second-order valence-corrected chi connectivity index (χ2v) is 4.58. The summed E-state index contributed by atoms with van der Waals surface area (Å²) in [7, 11) is 1.67. The molecular weight excluding hydrogens is 258 g/mol. The highest BCUT2D eigenvalue weighted by Crippen LogP contribution is 2.14. The van der Waals surface area contributed by atoms with E-state index < -0.39 is 12.1 Å². The maximum Gasteiger partial charge on any atom is 0.303 e. The van der Waals surface area contributed by atoms with Crippen LogP contribution in [-0.4, -0.2) is 41.6 Å². The molecule has 0 radical (unpaired) electrons. The van der Waals surface area contributed by atoms with Gasteiger partial charge in [-0.25, -0.2) is 0 Å². The SMILES string of the molecule is CCC(Oc1ccccc1)C(=O)N(C)CCCC(=O)O. The molecule has 0 bridgehead atoms. The summed E-state index contributed by atoms with van der Waals surface area (Å²) >= 11 is 0. The second-order valence-electron chi connectivity index (χ2n) is 4.58. The van der Waals surface area contributed by atoms with Crippen molar-refractivity contribution in [3.63, 3.8) is 0 Å². The maximum absolute atomic E-state index is 12.2. The molecule has 1 aromatic rings. The van der Waals surface area contributed by atoms with Gasteiger partial charge in [-0.2, -0.15) is 0 Å². The van der Waals surface area contributed by atoms with Crippen LogP contribution < -0.4 is 4.74 Å². The Bertz CT molecular complexity index is 433. The average molecular weight is 279 g/mol. The zero-order valence-corrected chi connectivity index (χ0v) is 11.9. The first kappa shape index (κ1) is 16.0. The Kier molecular flexibility index (Phi) is 6.56. The lowest BCUT2D eigenvalue weighted by Crippen LogP contribution is -2.40. The molecule has 0 aliphatic carbocycles. The molecule has 0 aromatic heterocycles. The first-order chi connectivity index (χ1) is 9.54. The molecule has 1 rings (SSSR count). The molecule has 0 saturated carbocycles. The number of rotatable bonds is 8. The van der Waals surface area contributed by atoms with Gasteiger partial charge in [0.05, 0.1) is 0 Å². The molecule has 20 heavy (non-hydrogen) atoms. The van der Waals surface area contributed by atoms with Crippen molar-refractivity contribution in [1.82, 2.24) is 4.90 Å². The number of likely N-dealkylation sites (N-methyl/N-ethyl adjacent to an activating group) is 1. The van der Waals surface area contributed by atoms with Crippen LogP contribution in [0.2, 0.25) is 0 Å². The topological polar surface area (TPSA) is 66.8 Å². The van der Waals surface area contributed by atoms with Crippen molar-refractivity contribution >= 4 is 11.9 Å². The number of hydrogen-bond acceptors (Lipinski definition) is 3. The molecule has 1 N–H and O–H groups in total. The fourth-order valence-corrected chi connectivity index (χ4v) is 1.80. The zero-order chi connectivity index (χ0) is 15.0. The van der Waals surface area contributed by atoms with Crippen LogP contribution in [0.4, 0.5) is 0 Å². The van der Waals surface area contributed by atoms with Gasteiger partial charge < -0.3 is 14.7 Å². The zero-order valence-electron chi connectivity index (χ0n) is 11.9. The highest BCUT2D eigenvalue weighted by molar-refractivity contribution is 5.81. The molecular formula is C15H21NO4. The number of carbonyl (C=O) groups excluding carboxylic acids is 1. The predicted octanol–water partition coefficient (Wildman–Crippen LogP) is 2.17. The van der Waals surface area contributed by atoms with E-state index >= 15 is 0 Å². The Labute approximate surface area is 119 Å². The van der Waals surface area contributed by atoms with E-state index in [0.717, 1.165) is 0 Å². The van der Waals surface area contributed by atoms with Crippen LogP contribution >= 0.6 is 0 Å². The number of carboxylic acids is 1. The van der Waals surface area contributed by atoms with Crippen LogP contribution in [0.25, 0.3) is 0 Å². The molecule has 5 heteroatoms. The van der Waals surface area contributed by atoms with Gasteiger partial charge in [-0.05, 0) is 25.0 Å². The van der Waals surface area contributed by atoms with Crippen LogP contribution in [0.1, 0.15) is 26.2 Å². The number of aliphatic carboxylic acids is 1. The Morgan fingerprint density at radius 1 is 1.30 bits per heavy atom. The highest BCUT2D eigenvalue weighted by atomic mass is 16.5. The summed E-state index contributed by atoms with van der Waals surface area (Å²) in [5, 5.41) is 8.59. The van der Waals surface area contributed by atoms with Crippen LogP contribution in [-0.2, 0) is 9.59 Å². The fraction of sp³-hybridized carbons (Fsp3) is 0.467. The number of ether oxygens (including phenoxy) is 1. The Morgan fingerprint density at radius 3 is 2.50 bits per heavy atom. The molecule has 0 aliphatic rings. The minimum absolute atomic E-state index is 0.0634. The monoisotopic (exact) mass is 279 g/mol. The van der Waals surface area contributed by atoms with Gasteiger partial charge in [0.25, 0.3) is 5.91 Å². The Hall–Kier alpha value is -2.04. The summed E-state index contributed by atoms with van der Waals surface area (Å²) in [4.78, 5) is 24.2. The average Bonchev–Trinajstić information content (AvgIpc) is 2.44. The van der Waals surface area contributed by atoms with Crippen LogP contribution in [0.15, 0.2) is 30.3 Å². The molecule has 1 amide bonds. The van der Waals surface area contributed by atoms with Crippen molar-refractivity contribution in [3.8, 4) is 5.75 Å². The molecule has 0 spiro atoms. The van der Waals surface area contributed by atoms with Gasteiger partial charge >= 0.3 is 5.97 Å². The molecule has 0 saturated heterocycles. The van der Waals surface area contributed by atoms with Gasteiger partial charge in [-0.3, -0.25) is 9.59 Å². The molecule has 0 aliphatic heterocycles. The molecule has 0 fully saturated rings. The first-order valence-electron chi connectivity index (χ1n) is 6.73. The van der Waals surface area contributed by atoms with E-state index in [9.17, 15) is 9.59 Å². The summed E-state index contributed by atoms with van der Waals surface area (Å²) in [6.07, 6.45) is 0.539. The smallest absolute Gasteiger partial charge is 0.303 e. The number of para-hydroxylation sites is 1. The minimum atomic E-state index is -0.849. The maximum atomic E-state index is 12.2. The molecule has 1 aromatic carbocycles. The van der Waals surface area contributed by atoms with Gasteiger partial charge in [-0.1, -0.05) is 25.1 Å². The first-order valence-corrected chi connectivity index (χ1v) is 6.73. The molecule has 1 unspecified atom stereocenters. The van der Waals surface area contributed by atoms with E-state index in [1.165, 1.54) is 4.90 Å². The summed E-state index contributed by atoms with van der Waals surface area (Å²) in [5.41, 5.74) is 0. The highest BCUT2D eigenvalue weighted by Gasteiger charge is 2.22. The number of nitrogens with zero attached hydrogens (tertiary/aromatic N) is 1. The van der Waals surface area contributed by atoms with E-state index in [4.69, 9.17) is 9.84 Å². The van der Waals surface area contributed by atoms with Crippen molar-refractivity contribution < 1.29 is 19.4 Å². The minimum Gasteiger partial charge on any atom is -0.481 e. The van der Waals surface area contributed by atoms with Crippen LogP contribution in [0.3, 0.4) is 0 Å². The fourth-order valence-electron chi connectivity index (χ4n) is 1.80. The van der Waals surface area contributed by atoms with Gasteiger partial charge in [0.15, 0.2) is 6.10 Å². The Morgan fingerprint density at radius 2 is 1.95 bits per heavy atom. The summed E-state index contributed by atoms with van der Waals surface area (Å²) in [6, 6.07) is 9.20. The summed E-state index contributed by atoms with van der Waals surface area (Å²) in [6.45, 7) is 2.30. The normalized spacial score (nSPS) is 11.7. The largest absolute Gasteiger partial charge is 0.481 e. The third-order valence-electron chi connectivity index (χ3n) is 2.93. The van der Waals surface area contributed by atoms with Crippen molar-refractivity contribution in [1.29, 1.82) is 0 Å². The molecule has 1 atom stereocenters. The summed E-state index contributed by atoms with van der Waals surface area (Å²) < 4.78 is 5.67. The van der Waals surface area contributed by atoms with Gasteiger partial charge in [-0.15, -0.1) is 0 Å². The van der Waals surface area contributed by atoms with Crippen molar-refractivity contribution in [3.05, 3.63) is 30.3 Å². The van der Waals surface area contributed by atoms with E-state index in [-0.39, 0.29) is 12.3 Å². The van der Waals surface area contributed by atoms with E-state index in [1.807, 2.05) is 25.1 Å². The van der Waals surface area contributed by atoms with Gasteiger partial charge in [0.1, 0.15) is 5.75 Å². The second kappa shape index (κ2) is 8.19. The van der Waals surface area contributed by atoms with E-state index in [0.29, 0.717) is 25.1 Å². The van der Waals surface area contributed by atoms with E-state index in [2.05, 4.69) is 0 Å². The molecule has 110 valence electrons.